The summed E-state index contributed by atoms with van der Waals surface area (Å²) >= 11 is 4.54. The molecule has 0 N–H and O–H groups in total. The van der Waals surface area contributed by atoms with Crippen LogP contribution in [0, 0.1) is 0 Å². The van der Waals surface area contributed by atoms with Gasteiger partial charge in [-0.25, -0.2) is 0 Å². The summed E-state index contributed by atoms with van der Waals surface area (Å²) in [7, 11) is 0. The fourth-order valence-corrected chi connectivity index (χ4v) is 13.4. The second-order valence-electron chi connectivity index (χ2n) is 8.25. The van der Waals surface area contributed by atoms with Crippen LogP contribution in [0.25, 0.3) is 10.8 Å². The van der Waals surface area contributed by atoms with Crippen LogP contribution in [0.4, 0.5) is 0 Å². The van der Waals surface area contributed by atoms with Crippen LogP contribution in [0.1, 0.15) is 17.3 Å². The summed E-state index contributed by atoms with van der Waals surface area (Å²) in [5, 5.41) is 3.27. The van der Waals surface area contributed by atoms with E-state index in [1.54, 1.807) is 6.92 Å². The van der Waals surface area contributed by atoms with Gasteiger partial charge in [0.2, 0.25) is 0 Å². The van der Waals surface area contributed by atoms with Gasteiger partial charge in [-0.2, -0.15) is 0 Å². The Balaban J connectivity index is 2.14. The van der Waals surface area contributed by atoms with Crippen LogP contribution in [0.2, 0.25) is 0 Å². The second kappa shape index (κ2) is 8.37. The molecule has 0 fully saturated rings. The average molecular weight is 511 g/mol. The first-order valence-electron chi connectivity index (χ1n) is 11.0. The Hall–Kier alpha value is -3.06. The molecule has 5 aromatic carbocycles. The molecule has 1 nitrogen and oxygen atoms in total. The summed E-state index contributed by atoms with van der Waals surface area (Å²) in [6.07, 6.45) is 0. The van der Waals surface area contributed by atoms with Gasteiger partial charge in [-0.3, -0.25) is 0 Å². The van der Waals surface area contributed by atoms with E-state index in [9.17, 15) is 4.79 Å². The van der Waals surface area contributed by atoms with Gasteiger partial charge in [0.25, 0.3) is 0 Å². The number of carbonyl (C=O) groups excluding carboxylic acids is 1. The fourth-order valence-electron chi connectivity index (χ4n) is 4.95. The monoisotopic (exact) mass is 510 g/mol. The number of Topliss-reactive ketones (excluding diaryl/α,β-unsaturated/α-hetero) is 1. The van der Waals surface area contributed by atoms with Crippen molar-refractivity contribution in [2.24, 2.45) is 0 Å². The SMILES string of the molecule is CC(=O)c1ccc2ccccc2c1P(Br)(c1ccccc1)(c1ccccc1)c1ccccc1. The van der Waals surface area contributed by atoms with Crippen LogP contribution in [0.3, 0.4) is 0 Å². The number of hydrogen-bond acceptors (Lipinski definition) is 1. The van der Waals surface area contributed by atoms with Crippen LogP contribution in [0.15, 0.2) is 127 Å². The molecule has 0 aromatic heterocycles. The molecule has 0 saturated heterocycles. The summed E-state index contributed by atoms with van der Waals surface area (Å²) in [6.45, 7) is 1.67. The molecule has 162 valence electrons. The Bertz CT molecular complexity index is 1350. The Morgan fingerprint density at radius 2 is 1.00 bits per heavy atom. The molecule has 0 radical (unpaired) electrons. The summed E-state index contributed by atoms with van der Waals surface area (Å²) in [6, 6.07) is 44.2. The van der Waals surface area contributed by atoms with Gasteiger partial charge >= 0.3 is 203 Å². The maximum atomic E-state index is 13.2. The molecule has 5 aromatic rings. The van der Waals surface area contributed by atoms with Crippen molar-refractivity contribution in [1.29, 1.82) is 0 Å². The fraction of sp³-hybridized carbons (Fsp3) is 0.0333. The van der Waals surface area contributed by atoms with E-state index in [2.05, 4.69) is 119 Å². The van der Waals surface area contributed by atoms with E-state index in [0.717, 1.165) is 21.6 Å². The first kappa shape index (κ1) is 21.8. The van der Waals surface area contributed by atoms with E-state index in [-0.39, 0.29) is 5.78 Å². The number of carbonyl (C=O) groups is 1. The first-order chi connectivity index (χ1) is 16.1. The quantitative estimate of drug-likeness (QED) is 0.194. The summed E-state index contributed by atoms with van der Waals surface area (Å²) < 4.78 is 0. The predicted octanol–water partition coefficient (Wildman–Crippen LogP) is 6.51. The molecule has 0 aliphatic heterocycles. The van der Waals surface area contributed by atoms with E-state index >= 15 is 0 Å². The average Bonchev–Trinajstić information content (AvgIpc) is 2.89. The van der Waals surface area contributed by atoms with Crippen molar-refractivity contribution in [2.75, 3.05) is 0 Å². The Morgan fingerprint density at radius 3 is 1.45 bits per heavy atom. The molecule has 0 unspecified atom stereocenters. The van der Waals surface area contributed by atoms with Crippen LogP contribution in [0.5, 0.6) is 0 Å². The molecule has 3 heteroatoms. The van der Waals surface area contributed by atoms with Gasteiger partial charge in [0.05, 0.1) is 0 Å². The molecule has 0 aliphatic carbocycles. The van der Waals surface area contributed by atoms with Gasteiger partial charge in [-0.1, -0.05) is 0 Å². The van der Waals surface area contributed by atoms with Crippen molar-refractivity contribution in [2.45, 2.75) is 6.92 Å². The Kier molecular flexibility index (Phi) is 5.52. The van der Waals surface area contributed by atoms with Gasteiger partial charge in [0.1, 0.15) is 0 Å². The third-order valence-corrected chi connectivity index (χ3v) is 16.3. The van der Waals surface area contributed by atoms with Crippen molar-refractivity contribution in [3.8, 4) is 0 Å². The van der Waals surface area contributed by atoms with Crippen molar-refractivity contribution in [3.05, 3.63) is 133 Å². The second-order valence-corrected chi connectivity index (χ2v) is 16.5. The minimum atomic E-state index is -3.51. The molecule has 0 saturated carbocycles. The topological polar surface area (TPSA) is 17.1 Å². The molecule has 0 amide bonds. The Labute approximate surface area is 202 Å². The summed E-state index contributed by atoms with van der Waals surface area (Å²) in [5.41, 5.74) is 0.750. The molecule has 33 heavy (non-hydrogen) atoms. The van der Waals surface area contributed by atoms with Gasteiger partial charge in [0.15, 0.2) is 0 Å². The number of ketones is 1. The number of benzene rings is 5. The molecule has 0 atom stereocenters. The van der Waals surface area contributed by atoms with Crippen molar-refractivity contribution >= 4 is 58.6 Å². The summed E-state index contributed by atoms with van der Waals surface area (Å²) in [5.74, 6) is 0.0620. The zero-order valence-electron chi connectivity index (χ0n) is 18.4. The van der Waals surface area contributed by atoms with Crippen molar-refractivity contribution in [1.82, 2.24) is 0 Å². The van der Waals surface area contributed by atoms with Gasteiger partial charge in [-0.05, 0) is 0 Å². The minimum absolute atomic E-state index is 0.0620. The molecule has 0 heterocycles. The normalized spacial score (nSPS) is 12.7. The van der Waals surface area contributed by atoms with E-state index in [4.69, 9.17) is 0 Å². The van der Waals surface area contributed by atoms with Gasteiger partial charge in [0, 0.05) is 0 Å². The van der Waals surface area contributed by atoms with E-state index in [1.807, 2.05) is 24.3 Å². The molecular formula is C30H24BrOP. The van der Waals surface area contributed by atoms with E-state index in [1.165, 1.54) is 15.9 Å². The molecule has 0 aliphatic rings. The first-order valence-corrected chi connectivity index (χ1v) is 15.2. The number of fused-ring (bicyclic) bond motifs is 1. The van der Waals surface area contributed by atoms with Crippen molar-refractivity contribution < 1.29 is 4.79 Å². The molecule has 5 rings (SSSR count). The molecular weight excluding hydrogens is 487 g/mol. The zero-order valence-corrected chi connectivity index (χ0v) is 20.8. The predicted molar refractivity (Wildman–Crippen MR) is 148 cm³/mol. The van der Waals surface area contributed by atoms with Crippen LogP contribution >= 0.6 is 20.8 Å². The zero-order chi connectivity index (χ0) is 22.9. The number of rotatable bonds is 5. The third-order valence-electron chi connectivity index (χ3n) is 6.42. The summed E-state index contributed by atoms with van der Waals surface area (Å²) in [4.78, 5) is 13.2. The van der Waals surface area contributed by atoms with Crippen LogP contribution < -0.4 is 21.2 Å². The van der Waals surface area contributed by atoms with Crippen LogP contribution in [-0.2, 0) is 0 Å². The van der Waals surface area contributed by atoms with Crippen LogP contribution in [-0.4, -0.2) is 5.78 Å². The van der Waals surface area contributed by atoms with Gasteiger partial charge < -0.3 is 0 Å². The van der Waals surface area contributed by atoms with Gasteiger partial charge in [-0.15, -0.1) is 0 Å². The third kappa shape index (κ3) is 3.21. The molecule has 0 spiro atoms. The maximum absolute atomic E-state index is 13.2. The van der Waals surface area contributed by atoms with E-state index in [0.29, 0.717) is 0 Å². The number of hydrogen-bond donors (Lipinski definition) is 0. The van der Waals surface area contributed by atoms with Crippen molar-refractivity contribution in [3.63, 3.8) is 0 Å². The standard InChI is InChI=1S/C30H24BrOP/c1-23(32)28-22-21-24-13-11-12-20-29(24)30(28)33(31,25-14-5-2-6-15-25,26-16-7-3-8-17-26)27-18-9-4-10-19-27/h2-22H,1H3. The Morgan fingerprint density at radius 1 is 0.576 bits per heavy atom. The molecule has 0 bridgehead atoms. The number of halogens is 1. The van der Waals surface area contributed by atoms with E-state index < -0.39 is 5.31 Å².